The molecule has 12 heteroatoms. The summed E-state index contributed by atoms with van der Waals surface area (Å²) in [4.78, 5) is 2.14. The lowest BCUT2D eigenvalue weighted by Crippen LogP contribution is -3.00. The van der Waals surface area contributed by atoms with Gasteiger partial charge in [0.05, 0.1) is 39.2 Å². The molecule has 0 atom stereocenters. The van der Waals surface area contributed by atoms with E-state index in [1.807, 2.05) is 0 Å². The number of fused-ring (bicyclic) bond motifs is 3. The summed E-state index contributed by atoms with van der Waals surface area (Å²) in [6, 6.07) is 10.8. The van der Waals surface area contributed by atoms with E-state index in [0.717, 1.165) is 85.7 Å². The fourth-order valence-corrected chi connectivity index (χ4v) is 5.41. The lowest BCUT2D eigenvalue weighted by molar-refractivity contribution is -0.673. The monoisotopic (exact) mass is 795 g/mol. The Bertz CT molecular complexity index is 1450. The summed E-state index contributed by atoms with van der Waals surface area (Å²) in [6.07, 6.45) is 12.9. The molecule has 0 saturated carbocycles. The zero-order valence-electron chi connectivity index (χ0n) is 26.7. The maximum atomic E-state index is 9.38. The van der Waals surface area contributed by atoms with Gasteiger partial charge in [-0.2, -0.15) is 0 Å². The molecule has 0 amide bonds. The number of benzene rings is 3. The zero-order valence-corrected chi connectivity index (χ0v) is 30.7. The van der Waals surface area contributed by atoms with Gasteiger partial charge in [-0.3, -0.25) is 4.90 Å². The van der Waals surface area contributed by atoms with E-state index in [-0.39, 0.29) is 52.4 Å². The van der Waals surface area contributed by atoms with Crippen LogP contribution in [0.15, 0.2) is 36.4 Å². The van der Waals surface area contributed by atoms with Crippen LogP contribution in [0.1, 0.15) is 33.4 Å². The number of phenols is 4. The van der Waals surface area contributed by atoms with Gasteiger partial charge in [0.1, 0.15) is 13.1 Å². The van der Waals surface area contributed by atoms with E-state index in [1.54, 1.807) is 38.5 Å². The van der Waals surface area contributed by atoms with Crippen LogP contribution in [0.25, 0.3) is 0 Å². The van der Waals surface area contributed by atoms with Crippen LogP contribution < -0.4 is 49.5 Å². The smallest absolute Gasteiger partial charge is 0.161 e. The van der Waals surface area contributed by atoms with E-state index in [1.165, 1.54) is 17.7 Å². The molecule has 0 saturated heterocycles. The lowest BCUT2D eigenvalue weighted by atomic mass is 9.99. The van der Waals surface area contributed by atoms with Gasteiger partial charge in [0.2, 0.25) is 0 Å². The molecule has 0 radical (unpaired) electrons. The molecule has 0 spiro atoms. The predicted molar refractivity (Wildman–Crippen MR) is 178 cm³/mol. The number of alkyl halides is 1. The molecule has 9 nitrogen and oxygen atoms in total. The van der Waals surface area contributed by atoms with Crippen molar-refractivity contribution in [2.45, 2.75) is 38.9 Å². The number of nitrogens with zero attached hydrogens (tertiary/aromatic N) is 1. The zero-order chi connectivity index (χ0) is 32.8. The minimum Gasteiger partial charge on any atom is -1.00 e. The first-order chi connectivity index (χ1) is 21.7. The van der Waals surface area contributed by atoms with Crippen molar-refractivity contribution >= 4 is 15.9 Å². The maximum absolute atomic E-state index is 9.38. The van der Waals surface area contributed by atoms with Gasteiger partial charge in [0, 0.05) is 37.1 Å². The van der Waals surface area contributed by atoms with Crippen LogP contribution in [0.5, 0.6) is 34.5 Å². The Balaban J connectivity index is 0.000000328. The third kappa shape index (κ3) is 12.3. The van der Waals surface area contributed by atoms with Crippen molar-refractivity contribution < 1.29 is 69.9 Å². The first-order valence-corrected chi connectivity index (χ1v) is 16.0. The van der Waals surface area contributed by atoms with Crippen molar-refractivity contribution in [3.63, 3.8) is 0 Å². The van der Waals surface area contributed by atoms with Crippen molar-refractivity contribution in [3.05, 3.63) is 69.8 Å². The molecule has 3 aromatic rings. The molecule has 3 heterocycles. The van der Waals surface area contributed by atoms with Crippen LogP contribution in [0, 0.1) is 24.7 Å². The molecule has 8 N–H and O–H groups in total. The van der Waals surface area contributed by atoms with Crippen LogP contribution in [0.2, 0.25) is 0 Å². The molecule has 0 aliphatic carbocycles. The summed E-state index contributed by atoms with van der Waals surface area (Å²) >= 11 is 3.01. The molecular weight excluding hydrogens is 754 g/mol. The highest BCUT2D eigenvalue weighted by molar-refractivity contribution is 9.09. The molecule has 6 rings (SSSR count). The fraction of sp³-hybridized carbons (Fsp3) is 0.371. The Morgan fingerprint density at radius 3 is 1.57 bits per heavy atom. The van der Waals surface area contributed by atoms with Gasteiger partial charge >= 0.3 is 0 Å². The number of rotatable bonds is 3. The van der Waals surface area contributed by atoms with Gasteiger partial charge in [-0.1, -0.05) is 27.8 Å². The molecular formula is C35H44Br2ClN3O6. The molecule has 47 heavy (non-hydrogen) atoms. The van der Waals surface area contributed by atoms with Crippen molar-refractivity contribution in [1.82, 2.24) is 4.90 Å². The summed E-state index contributed by atoms with van der Waals surface area (Å²) in [6.45, 7) is 6.47. The summed E-state index contributed by atoms with van der Waals surface area (Å²) in [5.74, 6) is 6.52. The number of phenolic OH excluding ortho intramolecular Hbond substituents is 4. The third-order valence-corrected chi connectivity index (χ3v) is 8.07. The summed E-state index contributed by atoms with van der Waals surface area (Å²) in [5.41, 5.74) is 7.20. The van der Waals surface area contributed by atoms with Crippen molar-refractivity contribution in [2.75, 3.05) is 45.7 Å². The van der Waals surface area contributed by atoms with Crippen LogP contribution in [0.3, 0.4) is 0 Å². The van der Waals surface area contributed by atoms with E-state index in [9.17, 15) is 20.4 Å². The van der Waals surface area contributed by atoms with Crippen molar-refractivity contribution in [1.29, 1.82) is 0 Å². The molecule has 3 aromatic carbocycles. The first-order valence-electron chi connectivity index (χ1n) is 14.8. The molecule has 0 aromatic heterocycles. The molecule has 0 unspecified atom stereocenters. The Hall–Kier alpha value is -3.29. The normalized spacial score (nSPS) is 13.8. The van der Waals surface area contributed by atoms with Crippen LogP contribution in [0.4, 0.5) is 0 Å². The predicted octanol–water partition coefficient (Wildman–Crippen LogP) is -3.85. The number of nitrogens with two attached hydrogens (primary N) is 2. The summed E-state index contributed by atoms with van der Waals surface area (Å²) in [5, 5.41) is 42.3. The number of aromatic hydroxyl groups is 4. The minimum absolute atomic E-state index is 0. The highest BCUT2D eigenvalue weighted by Crippen LogP contribution is 2.32. The Morgan fingerprint density at radius 1 is 0.702 bits per heavy atom. The number of methoxy groups -OCH3 is 2. The second kappa shape index (κ2) is 21.6. The number of halogens is 3. The van der Waals surface area contributed by atoms with Crippen LogP contribution in [-0.2, 0) is 38.9 Å². The standard InChI is InChI=1S/C12H13NO2.C11H15NO2.C9H11NO2.C3H3Br.BrH.ClH/c1-2-4-13-5-3-9-6-11(14)12(15)7-10(9)8-13;1-13-10-5-8-3-4-12-7-9(8)6-11(10)14-2;11-8-3-6-1-2-10-5-7(6)4-9(8)12;1-2-3-4;;/h1,6-7,14-15H,3-5,8H2;5-6,12H,3-4,7H2,1-2H3;3-4,10-12H,1-2,5H2;1H,3H2;2*1H. The van der Waals surface area contributed by atoms with E-state index in [2.05, 4.69) is 55.4 Å². The highest BCUT2D eigenvalue weighted by Gasteiger charge is 2.18. The molecule has 0 bridgehead atoms. The lowest BCUT2D eigenvalue weighted by Gasteiger charge is -2.27. The van der Waals surface area contributed by atoms with E-state index in [4.69, 9.17) is 22.3 Å². The second-order valence-corrected chi connectivity index (χ2v) is 11.3. The van der Waals surface area contributed by atoms with Crippen molar-refractivity contribution in [2.24, 2.45) is 0 Å². The van der Waals surface area contributed by atoms with Gasteiger partial charge in [0.15, 0.2) is 34.5 Å². The molecule has 3 aliphatic heterocycles. The number of quaternary nitrogens is 2. The third-order valence-electron chi connectivity index (χ3n) is 7.75. The number of ether oxygens (including phenoxy) is 2. The fourth-order valence-electron chi connectivity index (χ4n) is 5.41. The second-order valence-electron chi connectivity index (χ2n) is 10.8. The Labute approximate surface area is 303 Å². The SMILES string of the molecule is C#CCBr.C#CCN1CCc2cc(O)c(O)cc2C1.COc1cc2c(cc1OC)C[NH2+]CC2.Oc1cc2c(cc1O)C[NH2+]CC2.[Br-].[Cl-]. The maximum Gasteiger partial charge on any atom is 0.161 e. The minimum atomic E-state index is -0.0590. The highest BCUT2D eigenvalue weighted by atomic mass is 79.9. The Kier molecular flexibility index (Phi) is 19.1. The van der Waals surface area contributed by atoms with Crippen LogP contribution >= 0.6 is 15.9 Å². The van der Waals surface area contributed by atoms with Gasteiger partial charge < -0.3 is 69.9 Å². The average molecular weight is 798 g/mol. The van der Waals surface area contributed by atoms with E-state index in [0.29, 0.717) is 11.9 Å². The number of hydrogen-bond acceptors (Lipinski definition) is 7. The van der Waals surface area contributed by atoms with Gasteiger partial charge in [-0.25, -0.2) is 0 Å². The van der Waals surface area contributed by atoms with Gasteiger partial charge in [-0.05, 0) is 65.1 Å². The van der Waals surface area contributed by atoms with E-state index < -0.39 is 0 Å². The van der Waals surface area contributed by atoms with Gasteiger partial charge in [-0.15, -0.1) is 12.8 Å². The van der Waals surface area contributed by atoms with Crippen LogP contribution in [-0.4, -0.2) is 71.1 Å². The molecule has 3 aliphatic rings. The summed E-state index contributed by atoms with van der Waals surface area (Å²) in [7, 11) is 3.36. The first kappa shape index (κ1) is 41.7. The topological polar surface area (TPSA) is 136 Å². The van der Waals surface area contributed by atoms with Gasteiger partial charge in [0.25, 0.3) is 0 Å². The Morgan fingerprint density at radius 2 is 1.11 bits per heavy atom. The number of terminal acetylenes is 2. The molecule has 256 valence electrons. The summed E-state index contributed by atoms with van der Waals surface area (Å²) < 4.78 is 10.5. The molecule has 0 fully saturated rings. The van der Waals surface area contributed by atoms with E-state index >= 15 is 0 Å². The average Bonchev–Trinajstić information content (AvgIpc) is 3.06. The number of hydrogen-bond donors (Lipinski definition) is 6. The quantitative estimate of drug-likeness (QED) is 0.0909. The van der Waals surface area contributed by atoms with Crippen molar-refractivity contribution in [3.8, 4) is 59.2 Å². The largest absolute Gasteiger partial charge is 1.00 e.